The van der Waals surface area contributed by atoms with Crippen molar-refractivity contribution in [1.82, 2.24) is 0 Å². The molecule has 2 heterocycles. The van der Waals surface area contributed by atoms with E-state index in [-0.39, 0.29) is 5.41 Å². The maximum absolute atomic E-state index is 8.83. The number of nitrogens with zero attached hydrogens (tertiary/aromatic N) is 1. The molecule has 6 heteroatoms. The monoisotopic (exact) mass is 338 g/mol. The summed E-state index contributed by atoms with van der Waals surface area (Å²) in [5.74, 6) is 0. The van der Waals surface area contributed by atoms with Gasteiger partial charge in [0, 0.05) is 18.2 Å². The van der Waals surface area contributed by atoms with Gasteiger partial charge in [-0.3, -0.25) is 0 Å². The second-order valence-electron chi connectivity index (χ2n) is 6.29. The molecule has 124 valence electrons. The fraction of sp³-hybridized carbons (Fsp3) is 0.235. The standard InChI is InChI=1S/C17H18N.ClH3O4/c1-17(2,3)14-7-8-15-13(12-14)9-11-18-10-5-4-6-16(15)18;2-1(3,4)5/h4-12H,1-3H3;2-4H/q+1;. The Morgan fingerprint density at radius 2 is 1.61 bits per heavy atom. The summed E-state index contributed by atoms with van der Waals surface area (Å²) >= 11 is 0. The Morgan fingerprint density at radius 1 is 0.957 bits per heavy atom. The van der Waals surface area contributed by atoms with Crippen LogP contribution in [0.15, 0.2) is 54.9 Å². The normalized spacial score (nSPS) is 12.8. The summed E-state index contributed by atoms with van der Waals surface area (Å²) in [6.45, 7) is 6.76. The van der Waals surface area contributed by atoms with Crippen molar-refractivity contribution in [3.05, 3.63) is 60.4 Å². The second kappa shape index (κ2) is 6.39. The number of aromatic nitrogens is 1. The first-order valence-corrected chi connectivity index (χ1v) is 8.37. The van der Waals surface area contributed by atoms with Gasteiger partial charge in [0.05, 0.1) is 5.39 Å². The van der Waals surface area contributed by atoms with Crippen molar-refractivity contribution < 1.29 is 33.3 Å². The number of benzene rings is 1. The number of rotatable bonds is 0. The summed E-state index contributed by atoms with van der Waals surface area (Å²) in [5, 5.41) is 2.62. The molecule has 0 aliphatic rings. The molecule has 0 unspecified atom stereocenters. The molecule has 1 aromatic carbocycles. The molecule has 2 aromatic heterocycles. The molecule has 0 spiro atoms. The fourth-order valence-corrected chi connectivity index (χ4v) is 2.38. The molecule has 0 bridgehead atoms. The van der Waals surface area contributed by atoms with Crippen LogP contribution in [0.4, 0.5) is 0 Å². The summed E-state index contributed by atoms with van der Waals surface area (Å²) in [5.41, 5.74) is 2.85. The summed E-state index contributed by atoms with van der Waals surface area (Å²) in [6.07, 6.45) is 4.22. The van der Waals surface area contributed by atoms with Crippen molar-refractivity contribution in [3.63, 3.8) is 0 Å². The van der Waals surface area contributed by atoms with Crippen LogP contribution < -0.4 is 9.06 Å². The van der Waals surface area contributed by atoms with Gasteiger partial charge in [-0.05, 0) is 28.5 Å². The van der Waals surface area contributed by atoms with Gasteiger partial charge in [0.2, 0.25) is 5.52 Å². The molecule has 0 atom stereocenters. The summed E-state index contributed by atoms with van der Waals surface area (Å²) in [6, 6.07) is 15.3. The summed E-state index contributed by atoms with van der Waals surface area (Å²) in [7, 11) is -4.19. The van der Waals surface area contributed by atoms with Crippen molar-refractivity contribution in [2.24, 2.45) is 0 Å². The van der Waals surface area contributed by atoms with E-state index in [1.165, 1.54) is 21.9 Å². The van der Waals surface area contributed by atoms with E-state index in [0.717, 1.165) is 0 Å². The Morgan fingerprint density at radius 3 is 2.22 bits per heavy atom. The van der Waals surface area contributed by atoms with Gasteiger partial charge in [0.25, 0.3) is 0 Å². The zero-order valence-electron chi connectivity index (χ0n) is 13.3. The average molecular weight is 339 g/mol. The van der Waals surface area contributed by atoms with Gasteiger partial charge in [0.15, 0.2) is 12.4 Å². The molecular weight excluding hydrogens is 318 g/mol. The van der Waals surface area contributed by atoms with E-state index in [0.29, 0.717) is 0 Å². The Bertz CT molecular complexity index is 816. The van der Waals surface area contributed by atoms with Crippen molar-refractivity contribution in [2.75, 3.05) is 0 Å². The number of pyridine rings is 2. The van der Waals surface area contributed by atoms with E-state index >= 15 is 0 Å². The third kappa shape index (κ3) is 4.86. The van der Waals surface area contributed by atoms with Crippen molar-refractivity contribution in [1.29, 1.82) is 0 Å². The molecule has 0 aliphatic heterocycles. The molecule has 3 N–H and O–H groups in total. The molecule has 23 heavy (non-hydrogen) atoms. The number of fused-ring (bicyclic) bond motifs is 3. The third-order valence-electron chi connectivity index (χ3n) is 3.50. The van der Waals surface area contributed by atoms with E-state index < -0.39 is 10.2 Å². The van der Waals surface area contributed by atoms with Crippen molar-refractivity contribution in [3.8, 4) is 0 Å². The zero-order chi connectivity index (χ0) is 17.3. The molecule has 0 saturated heterocycles. The van der Waals surface area contributed by atoms with Crippen molar-refractivity contribution in [2.45, 2.75) is 26.2 Å². The molecule has 3 rings (SSSR count). The SMILES string of the molecule is CC(C)(C)c1ccc2c(cc[n+]3ccccc23)c1.[O-][Cl+](O)(O)O. The van der Waals surface area contributed by atoms with Gasteiger partial charge >= 0.3 is 28.9 Å². The average Bonchev–Trinajstić information content (AvgIpc) is 2.44. The molecule has 0 fully saturated rings. The number of halogens is 1. The van der Waals surface area contributed by atoms with Crippen LogP contribution in [-0.4, -0.2) is 14.0 Å². The first-order chi connectivity index (χ1) is 10.6. The van der Waals surface area contributed by atoms with E-state index in [1.54, 1.807) is 0 Å². The Labute approximate surface area is 136 Å². The molecule has 5 nitrogen and oxygen atoms in total. The Balaban J connectivity index is 0.000000338. The molecule has 0 amide bonds. The minimum atomic E-state index is -4.19. The first kappa shape index (κ1) is 17.6. The molecule has 0 radical (unpaired) electrons. The van der Waals surface area contributed by atoms with Crippen LogP contribution in [-0.2, 0) is 5.41 Å². The summed E-state index contributed by atoms with van der Waals surface area (Å²) in [4.78, 5) is 0. The van der Waals surface area contributed by atoms with Crippen LogP contribution in [0.2, 0.25) is 0 Å². The third-order valence-corrected chi connectivity index (χ3v) is 3.50. The molecule has 3 aromatic rings. The van der Waals surface area contributed by atoms with E-state index in [4.69, 9.17) is 18.6 Å². The second-order valence-corrected chi connectivity index (χ2v) is 7.16. The van der Waals surface area contributed by atoms with Crippen molar-refractivity contribution >= 4 is 16.3 Å². The van der Waals surface area contributed by atoms with Gasteiger partial charge in [-0.2, -0.15) is 4.40 Å². The van der Waals surface area contributed by atoms with Gasteiger partial charge in [-0.1, -0.05) is 32.9 Å². The van der Waals surface area contributed by atoms with Crippen LogP contribution in [0.25, 0.3) is 16.3 Å². The van der Waals surface area contributed by atoms with Crippen LogP contribution in [0, 0.1) is 10.2 Å². The Kier molecular flexibility index (Phi) is 4.89. The van der Waals surface area contributed by atoms with Crippen LogP contribution in [0.3, 0.4) is 0 Å². The molecule has 0 saturated carbocycles. The van der Waals surface area contributed by atoms with Gasteiger partial charge < -0.3 is 0 Å². The fourth-order valence-electron chi connectivity index (χ4n) is 2.38. The van der Waals surface area contributed by atoms with Crippen LogP contribution >= 0.6 is 0 Å². The predicted molar refractivity (Wildman–Crippen MR) is 82.5 cm³/mol. The van der Waals surface area contributed by atoms with E-state index in [1.807, 2.05) is 0 Å². The minimum absolute atomic E-state index is 0.201. The quantitative estimate of drug-likeness (QED) is 0.422. The number of hydrogen-bond donors (Lipinski definition) is 3. The van der Waals surface area contributed by atoms with Crippen LogP contribution in [0.5, 0.6) is 0 Å². The topological polar surface area (TPSA) is 87.9 Å². The van der Waals surface area contributed by atoms with Gasteiger partial charge in [-0.15, -0.1) is 0 Å². The van der Waals surface area contributed by atoms with Crippen LogP contribution in [0.1, 0.15) is 26.3 Å². The zero-order valence-corrected chi connectivity index (χ0v) is 14.0. The maximum atomic E-state index is 8.83. The van der Waals surface area contributed by atoms with E-state index in [9.17, 15) is 0 Å². The van der Waals surface area contributed by atoms with Gasteiger partial charge in [0.1, 0.15) is 0 Å². The molecular formula is C17H21ClNO4+. The molecule has 0 aliphatic carbocycles. The Hall–Kier alpha value is -1.76. The predicted octanol–water partition coefficient (Wildman–Crippen LogP) is 1.02. The first-order valence-electron chi connectivity index (χ1n) is 7.05. The summed E-state index contributed by atoms with van der Waals surface area (Å²) < 4.78 is 32.4. The number of hydrogen-bond acceptors (Lipinski definition) is 4. The van der Waals surface area contributed by atoms with Gasteiger partial charge in [-0.25, -0.2) is 0 Å². The van der Waals surface area contributed by atoms with E-state index in [2.05, 4.69) is 80.0 Å².